The van der Waals surface area contributed by atoms with E-state index < -0.39 is 0 Å². The van der Waals surface area contributed by atoms with Crippen LogP contribution in [0, 0.1) is 0 Å². The third kappa shape index (κ3) is 4.14. The summed E-state index contributed by atoms with van der Waals surface area (Å²) in [5.74, 6) is 1.55. The van der Waals surface area contributed by atoms with Gasteiger partial charge in [0.25, 0.3) is 5.56 Å². The molecule has 3 aromatic rings. The van der Waals surface area contributed by atoms with Crippen molar-refractivity contribution in [2.24, 2.45) is 0 Å². The Morgan fingerprint density at radius 2 is 1.97 bits per heavy atom. The number of hydrogen-bond donors (Lipinski definition) is 1. The average molecular weight is 416 g/mol. The number of benzene rings is 1. The molecule has 4 rings (SSSR count). The lowest BCUT2D eigenvalue weighted by molar-refractivity contribution is 0.394. The van der Waals surface area contributed by atoms with Gasteiger partial charge in [0.2, 0.25) is 10.1 Å². The summed E-state index contributed by atoms with van der Waals surface area (Å²) < 4.78 is 12.1. The minimum Gasteiger partial charge on any atom is -0.497 e. The molecular weight excluding hydrogens is 390 g/mol. The van der Waals surface area contributed by atoms with Gasteiger partial charge in [-0.25, -0.2) is 4.98 Å². The van der Waals surface area contributed by atoms with E-state index in [-0.39, 0.29) is 11.6 Å². The third-order valence-corrected chi connectivity index (χ3v) is 5.86. The summed E-state index contributed by atoms with van der Waals surface area (Å²) >= 11 is 1.42. The van der Waals surface area contributed by atoms with Crippen LogP contribution in [-0.4, -0.2) is 47.9 Å². The molecule has 1 aliphatic heterocycles. The van der Waals surface area contributed by atoms with Crippen molar-refractivity contribution >= 4 is 27.1 Å². The summed E-state index contributed by atoms with van der Waals surface area (Å²) in [5.41, 5.74) is 1.77. The number of hydrogen-bond acceptors (Lipinski definition) is 8. The maximum absolute atomic E-state index is 12.3. The van der Waals surface area contributed by atoms with Crippen LogP contribution in [0.15, 0.2) is 29.1 Å². The molecule has 0 saturated carbocycles. The normalized spacial score (nSPS) is 16.4. The molecule has 154 valence electrons. The Morgan fingerprint density at radius 1 is 1.21 bits per heavy atom. The standard InChI is InChI=1S/C20H25N5O3S/c1-4-5-13-8-18(26)25-20(22-13)29-19(23-25)21-14-6-7-24(12-14)15-9-16(27-2)11-17(10-15)28-3/h8-11,14H,4-7,12H2,1-3H3,(H,21,23). The molecule has 29 heavy (non-hydrogen) atoms. The third-order valence-electron chi connectivity index (χ3n) is 5.02. The van der Waals surface area contributed by atoms with E-state index in [4.69, 9.17) is 9.47 Å². The first-order valence-electron chi connectivity index (χ1n) is 9.74. The molecule has 1 aliphatic rings. The largest absolute Gasteiger partial charge is 0.497 e. The van der Waals surface area contributed by atoms with Gasteiger partial charge in [-0.1, -0.05) is 24.7 Å². The maximum Gasteiger partial charge on any atom is 0.275 e. The van der Waals surface area contributed by atoms with Crippen LogP contribution in [0.25, 0.3) is 4.96 Å². The Hall–Kier alpha value is -2.81. The van der Waals surface area contributed by atoms with Gasteiger partial charge in [0.15, 0.2) is 0 Å². The van der Waals surface area contributed by atoms with E-state index in [0.717, 1.165) is 60.4 Å². The summed E-state index contributed by atoms with van der Waals surface area (Å²) in [7, 11) is 3.31. The van der Waals surface area contributed by atoms with Crippen molar-refractivity contribution in [3.63, 3.8) is 0 Å². The first-order chi connectivity index (χ1) is 14.1. The van der Waals surface area contributed by atoms with Crippen molar-refractivity contribution in [1.29, 1.82) is 0 Å². The van der Waals surface area contributed by atoms with E-state index in [1.54, 1.807) is 20.3 Å². The van der Waals surface area contributed by atoms with Gasteiger partial charge in [0, 0.05) is 54.8 Å². The number of nitrogens with zero attached hydrogens (tertiary/aromatic N) is 4. The smallest absolute Gasteiger partial charge is 0.275 e. The van der Waals surface area contributed by atoms with Gasteiger partial charge >= 0.3 is 0 Å². The number of aryl methyl sites for hydroxylation is 1. The fraction of sp³-hybridized carbons (Fsp3) is 0.450. The molecule has 0 aliphatic carbocycles. The van der Waals surface area contributed by atoms with Gasteiger partial charge in [-0.05, 0) is 12.8 Å². The molecule has 9 heteroatoms. The van der Waals surface area contributed by atoms with E-state index in [2.05, 4.69) is 27.2 Å². The van der Waals surface area contributed by atoms with Gasteiger partial charge in [-0.2, -0.15) is 4.52 Å². The van der Waals surface area contributed by atoms with Gasteiger partial charge in [0.1, 0.15) is 11.5 Å². The quantitative estimate of drug-likeness (QED) is 0.635. The highest BCUT2D eigenvalue weighted by Gasteiger charge is 2.24. The molecule has 1 N–H and O–H groups in total. The highest BCUT2D eigenvalue weighted by Crippen LogP contribution is 2.31. The van der Waals surface area contributed by atoms with E-state index in [9.17, 15) is 4.79 Å². The second-order valence-corrected chi connectivity index (χ2v) is 8.04. The van der Waals surface area contributed by atoms with Gasteiger partial charge in [-0.3, -0.25) is 4.79 Å². The Morgan fingerprint density at radius 3 is 2.66 bits per heavy atom. The molecular formula is C20H25N5O3S. The van der Waals surface area contributed by atoms with Crippen molar-refractivity contribution in [2.75, 3.05) is 37.5 Å². The number of nitrogens with one attached hydrogen (secondary N) is 1. The number of anilines is 2. The molecule has 0 spiro atoms. The van der Waals surface area contributed by atoms with Crippen LogP contribution in [-0.2, 0) is 6.42 Å². The topological polar surface area (TPSA) is 81.0 Å². The minimum atomic E-state index is -0.126. The first-order valence-corrected chi connectivity index (χ1v) is 10.6. The SMILES string of the molecule is CCCc1cc(=O)n2nc(NC3CCN(c4cc(OC)cc(OC)c4)C3)sc2n1. The average Bonchev–Trinajstić information content (AvgIpc) is 3.35. The number of ether oxygens (including phenoxy) is 2. The Bertz CT molecular complexity index is 1040. The number of fused-ring (bicyclic) bond motifs is 1. The lowest BCUT2D eigenvalue weighted by Gasteiger charge is -2.20. The van der Waals surface area contributed by atoms with Crippen LogP contribution >= 0.6 is 11.3 Å². The fourth-order valence-electron chi connectivity index (χ4n) is 3.56. The first kappa shape index (κ1) is 19.5. The van der Waals surface area contributed by atoms with Gasteiger partial charge in [0.05, 0.1) is 14.2 Å². The molecule has 8 nitrogen and oxygen atoms in total. The van der Waals surface area contributed by atoms with Gasteiger partial charge < -0.3 is 19.7 Å². The highest BCUT2D eigenvalue weighted by molar-refractivity contribution is 7.20. The van der Waals surface area contributed by atoms with Crippen molar-refractivity contribution in [3.05, 3.63) is 40.3 Å². The van der Waals surface area contributed by atoms with Crippen LogP contribution < -0.4 is 25.2 Å². The van der Waals surface area contributed by atoms with Crippen LogP contribution in [0.3, 0.4) is 0 Å². The summed E-state index contributed by atoms with van der Waals surface area (Å²) in [4.78, 5) is 19.8. The lowest BCUT2D eigenvalue weighted by atomic mass is 10.2. The Labute approximate surface area is 173 Å². The molecule has 1 fully saturated rings. The Kier molecular flexibility index (Phi) is 5.57. The molecule has 1 saturated heterocycles. The van der Waals surface area contributed by atoms with Crippen molar-refractivity contribution in [1.82, 2.24) is 14.6 Å². The van der Waals surface area contributed by atoms with Crippen LogP contribution in [0.5, 0.6) is 11.5 Å². The monoisotopic (exact) mass is 415 g/mol. The van der Waals surface area contributed by atoms with E-state index in [0.29, 0.717) is 4.96 Å². The van der Waals surface area contributed by atoms with E-state index in [1.807, 2.05) is 18.2 Å². The summed E-state index contributed by atoms with van der Waals surface area (Å²) in [6.45, 7) is 3.82. The van der Waals surface area contributed by atoms with Crippen LogP contribution in [0.4, 0.5) is 10.8 Å². The second kappa shape index (κ2) is 8.28. The predicted octanol–water partition coefficient (Wildman–Crippen LogP) is 2.81. The van der Waals surface area contributed by atoms with E-state index in [1.165, 1.54) is 15.9 Å². The number of aromatic nitrogens is 3. The molecule has 0 amide bonds. The maximum atomic E-state index is 12.3. The molecule has 1 atom stereocenters. The number of methoxy groups -OCH3 is 2. The van der Waals surface area contributed by atoms with Crippen molar-refractivity contribution < 1.29 is 9.47 Å². The van der Waals surface area contributed by atoms with Crippen molar-refractivity contribution in [3.8, 4) is 11.5 Å². The highest BCUT2D eigenvalue weighted by atomic mass is 32.1. The zero-order valence-corrected chi connectivity index (χ0v) is 17.7. The lowest BCUT2D eigenvalue weighted by Crippen LogP contribution is -2.26. The molecule has 0 radical (unpaired) electrons. The van der Waals surface area contributed by atoms with Crippen LogP contribution in [0.2, 0.25) is 0 Å². The minimum absolute atomic E-state index is 0.126. The van der Waals surface area contributed by atoms with Gasteiger partial charge in [-0.15, -0.1) is 5.10 Å². The molecule has 2 aromatic heterocycles. The second-order valence-electron chi connectivity index (χ2n) is 7.08. The van der Waals surface area contributed by atoms with E-state index >= 15 is 0 Å². The van der Waals surface area contributed by atoms with Crippen molar-refractivity contribution in [2.45, 2.75) is 32.2 Å². The molecule has 1 aromatic carbocycles. The van der Waals surface area contributed by atoms with Crippen LogP contribution in [0.1, 0.15) is 25.5 Å². The predicted molar refractivity (Wildman–Crippen MR) is 115 cm³/mol. The number of rotatable bonds is 7. The fourth-order valence-corrected chi connectivity index (χ4v) is 4.46. The zero-order chi connectivity index (χ0) is 20.4. The molecule has 3 heterocycles. The summed E-state index contributed by atoms with van der Waals surface area (Å²) in [6, 6.07) is 7.71. The zero-order valence-electron chi connectivity index (χ0n) is 16.8. The Balaban J connectivity index is 1.49. The molecule has 1 unspecified atom stereocenters. The summed E-state index contributed by atoms with van der Waals surface area (Å²) in [5, 5.41) is 8.61. The molecule has 0 bridgehead atoms. The summed E-state index contributed by atoms with van der Waals surface area (Å²) in [6.07, 6.45) is 2.73.